The zero-order valence-electron chi connectivity index (χ0n) is 15.3. The van der Waals surface area contributed by atoms with E-state index >= 15 is 0 Å². The first kappa shape index (κ1) is 20.2. The molecule has 0 unspecified atom stereocenters. The molecule has 8 heteroatoms. The van der Waals surface area contributed by atoms with Gasteiger partial charge < -0.3 is 5.32 Å². The van der Waals surface area contributed by atoms with Gasteiger partial charge in [-0.1, -0.05) is 30.3 Å². The minimum absolute atomic E-state index is 0.0891. The smallest absolute Gasteiger partial charge is 0.261 e. The molecule has 28 heavy (non-hydrogen) atoms. The molecule has 0 radical (unpaired) electrons. The molecule has 1 N–H and O–H groups in total. The second-order valence-electron chi connectivity index (χ2n) is 6.25. The minimum atomic E-state index is -3.60. The van der Waals surface area contributed by atoms with Gasteiger partial charge in [-0.3, -0.25) is 4.79 Å². The molecular weight excluding hydrogens is 399 g/mol. The average Bonchev–Trinajstić information content (AvgIpc) is 3.17. The first-order valence-corrected chi connectivity index (χ1v) is 10.7. The molecule has 1 amide bonds. The highest BCUT2D eigenvalue weighted by molar-refractivity contribution is 7.89. The fourth-order valence-electron chi connectivity index (χ4n) is 2.59. The van der Waals surface area contributed by atoms with Gasteiger partial charge in [0.25, 0.3) is 5.91 Å². The van der Waals surface area contributed by atoms with Crippen molar-refractivity contribution >= 4 is 27.3 Å². The Morgan fingerprint density at radius 3 is 2.39 bits per heavy atom. The van der Waals surface area contributed by atoms with Gasteiger partial charge in [0.1, 0.15) is 5.82 Å². The third kappa shape index (κ3) is 4.30. The van der Waals surface area contributed by atoms with Gasteiger partial charge in [0.15, 0.2) is 0 Å². The first-order valence-electron chi connectivity index (χ1n) is 8.43. The van der Waals surface area contributed by atoms with Gasteiger partial charge in [0, 0.05) is 25.5 Å². The molecule has 0 aliphatic heterocycles. The summed E-state index contributed by atoms with van der Waals surface area (Å²) in [6.45, 7) is 0.0891. The van der Waals surface area contributed by atoms with E-state index in [0.29, 0.717) is 10.4 Å². The Balaban J connectivity index is 1.75. The number of halogens is 1. The van der Waals surface area contributed by atoms with Crippen LogP contribution in [0.3, 0.4) is 0 Å². The molecular formula is C20H19FN2O3S2. The fraction of sp³-hybridized carbons (Fsp3) is 0.150. The Kier molecular flexibility index (Phi) is 5.93. The maximum absolute atomic E-state index is 13.1. The molecule has 5 nitrogen and oxygen atoms in total. The van der Waals surface area contributed by atoms with Crippen molar-refractivity contribution in [3.05, 3.63) is 76.9 Å². The molecule has 1 aromatic heterocycles. The normalized spacial score (nSPS) is 11.6. The second kappa shape index (κ2) is 8.22. The first-order chi connectivity index (χ1) is 13.3. The topological polar surface area (TPSA) is 66.5 Å². The van der Waals surface area contributed by atoms with Crippen LogP contribution in [0.5, 0.6) is 0 Å². The highest BCUT2D eigenvalue weighted by Gasteiger charge is 2.21. The fourth-order valence-corrected chi connectivity index (χ4v) is 4.63. The molecule has 0 aliphatic carbocycles. The van der Waals surface area contributed by atoms with E-state index in [1.165, 1.54) is 43.6 Å². The molecule has 1 heterocycles. The van der Waals surface area contributed by atoms with Crippen molar-refractivity contribution in [2.24, 2.45) is 0 Å². The summed E-state index contributed by atoms with van der Waals surface area (Å²) in [7, 11) is -0.670. The van der Waals surface area contributed by atoms with Gasteiger partial charge in [-0.05, 0) is 41.5 Å². The Hall–Kier alpha value is -2.55. The number of benzene rings is 2. The lowest BCUT2D eigenvalue weighted by Gasteiger charge is -2.15. The maximum Gasteiger partial charge on any atom is 0.261 e. The summed E-state index contributed by atoms with van der Waals surface area (Å²) in [6, 6.07) is 16.1. The van der Waals surface area contributed by atoms with Crippen LogP contribution in [0.15, 0.2) is 65.6 Å². The molecule has 146 valence electrons. The number of amides is 1. The number of nitrogens with zero attached hydrogens (tertiary/aromatic N) is 1. The number of thiophene rings is 1. The standard InChI is InChI=1S/C20H19FN2O3S2/c1-23(2)28(25,26)19-6-4-3-5-15(19)13-22-20(24)18-12-11-17(27-18)14-7-9-16(21)10-8-14/h3-12H,13H2,1-2H3,(H,22,24). The Morgan fingerprint density at radius 2 is 1.71 bits per heavy atom. The molecule has 0 fully saturated rings. The number of sulfonamides is 1. The largest absolute Gasteiger partial charge is 0.347 e. The molecule has 0 saturated carbocycles. The molecule has 2 aromatic carbocycles. The van der Waals surface area contributed by atoms with Crippen molar-refractivity contribution in [3.63, 3.8) is 0 Å². The molecule has 0 bridgehead atoms. The van der Waals surface area contributed by atoms with Gasteiger partial charge >= 0.3 is 0 Å². The van der Waals surface area contributed by atoms with Crippen LogP contribution in [0.2, 0.25) is 0 Å². The summed E-state index contributed by atoms with van der Waals surface area (Å²) in [5, 5.41) is 2.77. The van der Waals surface area contributed by atoms with Crippen LogP contribution in [0.4, 0.5) is 4.39 Å². The van der Waals surface area contributed by atoms with Gasteiger partial charge in [0.05, 0.1) is 9.77 Å². The van der Waals surface area contributed by atoms with E-state index < -0.39 is 10.0 Å². The van der Waals surface area contributed by atoms with E-state index in [4.69, 9.17) is 0 Å². The van der Waals surface area contributed by atoms with Crippen molar-refractivity contribution in [2.75, 3.05) is 14.1 Å². The van der Waals surface area contributed by atoms with Crippen molar-refractivity contribution in [1.82, 2.24) is 9.62 Å². The summed E-state index contributed by atoms with van der Waals surface area (Å²) in [5.41, 5.74) is 1.34. The van der Waals surface area contributed by atoms with Crippen molar-refractivity contribution in [1.29, 1.82) is 0 Å². The van der Waals surface area contributed by atoms with Crippen LogP contribution in [0.25, 0.3) is 10.4 Å². The van der Waals surface area contributed by atoms with Gasteiger partial charge in [-0.2, -0.15) is 0 Å². The highest BCUT2D eigenvalue weighted by atomic mass is 32.2. The maximum atomic E-state index is 13.1. The number of rotatable bonds is 6. The monoisotopic (exact) mass is 418 g/mol. The van der Waals surface area contributed by atoms with Gasteiger partial charge in [-0.15, -0.1) is 11.3 Å². The van der Waals surface area contributed by atoms with Crippen molar-refractivity contribution < 1.29 is 17.6 Å². The van der Waals surface area contributed by atoms with Crippen LogP contribution >= 0.6 is 11.3 Å². The van der Waals surface area contributed by atoms with Crippen LogP contribution in [-0.4, -0.2) is 32.7 Å². The minimum Gasteiger partial charge on any atom is -0.347 e. The van der Waals surface area contributed by atoms with Crippen LogP contribution in [0, 0.1) is 5.82 Å². The summed E-state index contributed by atoms with van der Waals surface area (Å²) < 4.78 is 39.1. The molecule has 3 aromatic rings. The van der Waals surface area contributed by atoms with E-state index in [0.717, 1.165) is 14.7 Å². The number of nitrogens with one attached hydrogen (secondary N) is 1. The van der Waals surface area contributed by atoms with Crippen molar-refractivity contribution in [3.8, 4) is 10.4 Å². The number of carbonyl (C=O) groups is 1. The summed E-state index contributed by atoms with van der Waals surface area (Å²) in [4.78, 5) is 14.0. The molecule has 0 saturated heterocycles. The van der Waals surface area contributed by atoms with E-state index in [1.807, 2.05) is 0 Å². The third-order valence-corrected chi connectivity index (χ3v) is 7.18. The summed E-state index contributed by atoms with van der Waals surface area (Å²) in [5.74, 6) is -0.611. The van der Waals surface area contributed by atoms with E-state index in [-0.39, 0.29) is 23.2 Å². The lowest BCUT2D eigenvalue weighted by molar-refractivity contribution is 0.0954. The lowest BCUT2D eigenvalue weighted by atomic mass is 10.2. The molecule has 0 aliphatic rings. The predicted octanol–water partition coefficient (Wildman–Crippen LogP) is 3.73. The quantitative estimate of drug-likeness (QED) is 0.663. The van der Waals surface area contributed by atoms with Crippen LogP contribution < -0.4 is 5.32 Å². The summed E-state index contributed by atoms with van der Waals surface area (Å²) >= 11 is 1.29. The molecule has 0 spiro atoms. The lowest BCUT2D eigenvalue weighted by Crippen LogP contribution is -2.26. The zero-order chi connectivity index (χ0) is 20.3. The van der Waals surface area contributed by atoms with Crippen LogP contribution in [0.1, 0.15) is 15.2 Å². The van der Waals surface area contributed by atoms with Gasteiger partial charge in [0.2, 0.25) is 10.0 Å². The second-order valence-corrected chi connectivity index (χ2v) is 9.45. The number of hydrogen-bond acceptors (Lipinski definition) is 4. The van der Waals surface area contributed by atoms with Gasteiger partial charge in [-0.25, -0.2) is 17.1 Å². The van der Waals surface area contributed by atoms with Crippen LogP contribution in [-0.2, 0) is 16.6 Å². The molecule has 3 rings (SSSR count). The zero-order valence-corrected chi connectivity index (χ0v) is 17.0. The summed E-state index contributed by atoms with van der Waals surface area (Å²) in [6.07, 6.45) is 0. The number of hydrogen-bond donors (Lipinski definition) is 1. The highest BCUT2D eigenvalue weighted by Crippen LogP contribution is 2.28. The van der Waals surface area contributed by atoms with E-state index in [9.17, 15) is 17.6 Å². The number of carbonyl (C=O) groups excluding carboxylic acids is 1. The SMILES string of the molecule is CN(C)S(=O)(=O)c1ccccc1CNC(=O)c1ccc(-c2ccc(F)cc2)s1. The molecule has 0 atom stereocenters. The Labute approximate surface area is 167 Å². The van der Waals surface area contributed by atoms with E-state index in [1.54, 1.807) is 42.5 Å². The third-order valence-electron chi connectivity index (χ3n) is 4.13. The average molecular weight is 419 g/mol. The Bertz CT molecular complexity index is 1090. The van der Waals surface area contributed by atoms with E-state index in [2.05, 4.69) is 5.32 Å². The predicted molar refractivity (Wildman–Crippen MR) is 108 cm³/mol. The van der Waals surface area contributed by atoms with Crippen molar-refractivity contribution in [2.45, 2.75) is 11.4 Å². The Morgan fingerprint density at radius 1 is 1.04 bits per heavy atom.